The van der Waals surface area contributed by atoms with Gasteiger partial charge in [-0.25, -0.2) is 4.98 Å². The van der Waals surface area contributed by atoms with Crippen LogP contribution in [0.1, 0.15) is 35.9 Å². The molecule has 0 spiro atoms. The van der Waals surface area contributed by atoms with Crippen LogP contribution in [0.4, 0.5) is 0 Å². The highest BCUT2D eigenvalue weighted by Crippen LogP contribution is 2.32. The van der Waals surface area contributed by atoms with Crippen LogP contribution >= 0.6 is 34.5 Å². The summed E-state index contributed by atoms with van der Waals surface area (Å²) in [5.74, 6) is 1.54. The maximum atomic E-state index is 6.13. The van der Waals surface area contributed by atoms with E-state index in [9.17, 15) is 0 Å². The second-order valence-electron chi connectivity index (χ2n) is 6.54. The van der Waals surface area contributed by atoms with Gasteiger partial charge in [0.15, 0.2) is 0 Å². The van der Waals surface area contributed by atoms with E-state index in [1.54, 1.807) is 5.51 Å². The van der Waals surface area contributed by atoms with Gasteiger partial charge in [0.25, 0.3) is 5.89 Å². The van der Waals surface area contributed by atoms with Crippen LogP contribution in [-0.4, -0.2) is 33.2 Å². The van der Waals surface area contributed by atoms with Crippen LogP contribution in [-0.2, 0) is 6.54 Å². The average Bonchev–Trinajstić information content (AvgIpc) is 3.27. The number of aryl methyl sites for hydroxylation is 1. The summed E-state index contributed by atoms with van der Waals surface area (Å²) >= 11 is 13.7. The number of nitrogens with zero attached hydrogens (tertiary/aromatic N) is 4. The van der Waals surface area contributed by atoms with Gasteiger partial charge in [-0.3, -0.25) is 4.90 Å². The van der Waals surface area contributed by atoms with Crippen molar-refractivity contribution in [3.05, 3.63) is 50.9 Å². The molecule has 1 saturated heterocycles. The Labute approximate surface area is 166 Å². The van der Waals surface area contributed by atoms with E-state index in [1.807, 2.05) is 25.1 Å². The molecule has 0 saturated carbocycles. The van der Waals surface area contributed by atoms with E-state index in [4.69, 9.17) is 27.6 Å². The van der Waals surface area contributed by atoms with Gasteiger partial charge in [-0.1, -0.05) is 29.3 Å². The zero-order valence-electron chi connectivity index (χ0n) is 14.3. The normalized spacial score (nSPS) is 18.3. The molecule has 0 bridgehead atoms. The van der Waals surface area contributed by atoms with Crippen molar-refractivity contribution >= 4 is 34.5 Å². The van der Waals surface area contributed by atoms with E-state index in [0.717, 1.165) is 48.6 Å². The lowest BCUT2D eigenvalue weighted by Gasteiger charge is -2.31. The van der Waals surface area contributed by atoms with Crippen molar-refractivity contribution in [2.75, 3.05) is 13.1 Å². The maximum Gasteiger partial charge on any atom is 0.259 e. The van der Waals surface area contributed by atoms with Crippen molar-refractivity contribution < 1.29 is 4.42 Å². The van der Waals surface area contributed by atoms with Crippen molar-refractivity contribution in [3.63, 3.8) is 0 Å². The van der Waals surface area contributed by atoms with Crippen LogP contribution in [0.25, 0.3) is 10.8 Å². The molecule has 3 aromatic rings. The summed E-state index contributed by atoms with van der Waals surface area (Å²) in [5.41, 5.74) is 3.88. The Morgan fingerprint density at radius 2 is 2.15 bits per heavy atom. The molecular formula is C18H18Cl2N4OS. The monoisotopic (exact) mass is 408 g/mol. The smallest absolute Gasteiger partial charge is 0.259 e. The minimum Gasteiger partial charge on any atom is -0.419 e. The van der Waals surface area contributed by atoms with E-state index < -0.39 is 0 Å². The summed E-state index contributed by atoms with van der Waals surface area (Å²) in [6.45, 7) is 4.73. The topological polar surface area (TPSA) is 55.1 Å². The Morgan fingerprint density at radius 3 is 2.92 bits per heavy atom. The minimum absolute atomic E-state index is 0.251. The molecule has 1 aromatic carbocycles. The molecule has 0 amide bonds. The van der Waals surface area contributed by atoms with Gasteiger partial charge in [0, 0.05) is 13.1 Å². The second kappa shape index (κ2) is 7.64. The highest BCUT2D eigenvalue weighted by molar-refractivity contribution is 7.13. The van der Waals surface area contributed by atoms with Gasteiger partial charge in [0.1, 0.15) is 4.88 Å². The van der Waals surface area contributed by atoms with E-state index in [0.29, 0.717) is 21.8 Å². The molecule has 1 aliphatic rings. The van der Waals surface area contributed by atoms with Crippen molar-refractivity contribution in [1.29, 1.82) is 0 Å². The van der Waals surface area contributed by atoms with Gasteiger partial charge in [-0.15, -0.1) is 21.5 Å². The van der Waals surface area contributed by atoms with Crippen molar-refractivity contribution in [2.45, 2.75) is 32.2 Å². The second-order valence-corrected chi connectivity index (χ2v) is 8.20. The molecule has 8 heteroatoms. The summed E-state index contributed by atoms with van der Waals surface area (Å²) in [5, 5.41) is 9.71. The fourth-order valence-corrected chi connectivity index (χ4v) is 4.34. The Balaban J connectivity index is 1.46. The van der Waals surface area contributed by atoms with Gasteiger partial charge >= 0.3 is 0 Å². The summed E-state index contributed by atoms with van der Waals surface area (Å²) in [6, 6.07) is 5.81. The van der Waals surface area contributed by atoms with Crippen LogP contribution in [0.15, 0.2) is 28.1 Å². The molecule has 136 valence electrons. The van der Waals surface area contributed by atoms with Crippen LogP contribution < -0.4 is 0 Å². The lowest BCUT2D eigenvalue weighted by molar-refractivity contribution is 0.186. The lowest BCUT2D eigenvalue weighted by atomic mass is 9.97. The Kier molecular flexibility index (Phi) is 5.27. The summed E-state index contributed by atoms with van der Waals surface area (Å²) < 4.78 is 5.96. The minimum atomic E-state index is 0.251. The number of halogens is 2. The van der Waals surface area contributed by atoms with Crippen molar-refractivity contribution in [1.82, 2.24) is 20.1 Å². The molecule has 3 heterocycles. The highest BCUT2D eigenvalue weighted by Gasteiger charge is 2.26. The molecule has 26 heavy (non-hydrogen) atoms. The molecule has 1 unspecified atom stereocenters. The van der Waals surface area contributed by atoms with E-state index in [1.165, 1.54) is 11.3 Å². The first-order chi connectivity index (χ1) is 12.6. The molecule has 4 rings (SSSR count). The van der Waals surface area contributed by atoms with Gasteiger partial charge in [0.2, 0.25) is 5.89 Å². The number of piperidine rings is 1. The number of hydrogen-bond donors (Lipinski definition) is 0. The third kappa shape index (κ3) is 3.78. The Hall–Kier alpha value is -1.47. The number of thiazole rings is 1. The lowest BCUT2D eigenvalue weighted by Crippen LogP contribution is -2.34. The van der Waals surface area contributed by atoms with Gasteiger partial charge in [-0.05, 0) is 44.0 Å². The zero-order valence-corrected chi connectivity index (χ0v) is 16.6. The molecule has 5 nitrogen and oxygen atoms in total. The van der Waals surface area contributed by atoms with E-state index in [2.05, 4.69) is 20.1 Å². The van der Waals surface area contributed by atoms with Crippen LogP contribution in [0.3, 0.4) is 0 Å². The number of rotatable bonds is 4. The van der Waals surface area contributed by atoms with Crippen molar-refractivity contribution in [3.8, 4) is 10.8 Å². The summed E-state index contributed by atoms with van der Waals surface area (Å²) in [7, 11) is 0. The third-order valence-corrected chi connectivity index (χ3v) is 6.28. The SMILES string of the molecule is Cc1ncsc1-c1nnc(C2CCCN(Cc3ccc(Cl)c(Cl)c3)C2)o1. The van der Waals surface area contributed by atoms with Crippen LogP contribution in [0.2, 0.25) is 10.0 Å². The predicted molar refractivity (Wildman–Crippen MR) is 104 cm³/mol. The quantitative estimate of drug-likeness (QED) is 0.594. The first-order valence-electron chi connectivity index (χ1n) is 8.50. The summed E-state index contributed by atoms with van der Waals surface area (Å²) in [4.78, 5) is 7.60. The standard InChI is InChI=1S/C18H18Cl2N4OS/c1-11-16(26-10-21-11)18-23-22-17(25-18)13-3-2-6-24(9-13)8-12-4-5-14(19)15(20)7-12/h4-5,7,10,13H,2-3,6,8-9H2,1H3. The van der Waals surface area contributed by atoms with Crippen LogP contribution in [0, 0.1) is 6.92 Å². The number of aromatic nitrogens is 3. The Bertz CT molecular complexity index is 910. The molecule has 0 radical (unpaired) electrons. The van der Waals surface area contributed by atoms with Gasteiger partial charge < -0.3 is 4.42 Å². The fraction of sp³-hybridized carbons (Fsp3) is 0.389. The number of hydrogen-bond acceptors (Lipinski definition) is 6. The molecule has 0 N–H and O–H groups in total. The van der Waals surface area contributed by atoms with Gasteiger partial charge in [-0.2, -0.15) is 0 Å². The molecular weight excluding hydrogens is 391 g/mol. The Morgan fingerprint density at radius 1 is 1.27 bits per heavy atom. The first-order valence-corrected chi connectivity index (χ1v) is 10.1. The number of benzene rings is 1. The molecule has 0 aliphatic carbocycles. The fourth-order valence-electron chi connectivity index (χ4n) is 3.30. The highest BCUT2D eigenvalue weighted by atomic mass is 35.5. The molecule has 2 aromatic heterocycles. The molecule has 1 aliphatic heterocycles. The first kappa shape index (κ1) is 17.9. The van der Waals surface area contributed by atoms with E-state index in [-0.39, 0.29) is 5.92 Å². The predicted octanol–water partition coefficient (Wildman–Crippen LogP) is 5.19. The largest absolute Gasteiger partial charge is 0.419 e. The van der Waals surface area contributed by atoms with Gasteiger partial charge in [0.05, 0.1) is 27.2 Å². The van der Waals surface area contributed by atoms with Crippen molar-refractivity contribution in [2.24, 2.45) is 0 Å². The number of likely N-dealkylation sites (tertiary alicyclic amines) is 1. The third-order valence-electron chi connectivity index (χ3n) is 4.63. The average molecular weight is 409 g/mol. The van der Waals surface area contributed by atoms with Crippen LogP contribution in [0.5, 0.6) is 0 Å². The van der Waals surface area contributed by atoms with E-state index >= 15 is 0 Å². The summed E-state index contributed by atoms with van der Waals surface area (Å²) in [6.07, 6.45) is 2.16. The zero-order chi connectivity index (χ0) is 18.1. The molecule has 1 fully saturated rings. The molecule has 1 atom stereocenters. The maximum absolute atomic E-state index is 6.13.